The highest BCUT2D eigenvalue weighted by atomic mass is 32.2. The van der Waals surface area contributed by atoms with Crippen LogP contribution in [-0.4, -0.2) is 39.6 Å². The van der Waals surface area contributed by atoms with E-state index >= 15 is 0 Å². The first kappa shape index (κ1) is 21.8. The largest absolute Gasteiger partial charge is 0.598 e. The van der Waals surface area contributed by atoms with Crippen molar-refractivity contribution in [2.75, 3.05) is 19.6 Å². The number of carbonyl (C=O) groups excluding carboxylic acids is 1. The Bertz CT molecular complexity index is 718. The van der Waals surface area contributed by atoms with Gasteiger partial charge in [-0.2, -0.15) is 0 Å². The number of hydrogen-bond acceptors (Lipinski definition) is 4. The van der Waals surface area contributed by atoms with E-state index in [2.05, 4.69) is 29.5 Å². The molecule has 1 saturated heterocycles. The molecule has 1 fully saturated rings. The number of nitrogens with one attached hydrogen (secondary N) is 1. The van der Waals surface area contributed by atoms with Crippen LogP contribution in [0, 0.1) is 11.3 Å². The number of carbonyl (C=O) groups is 1. The summed E-state index contributed by atoms with van der Waals surface area (Å²) >= 11 is -1.15. The number of piperidine rings is 1. The van der Waals surface area contributed by atoms with Crippen molar-refractivity contribution in [3.63, 3.8) is 0 Å². The molecule has 1 spiro atoms. The maximum atomic E-state index is 13.0. The summed E-state index contributed by atoms with van der Waals surface area (Å²) in [4.78, 5) is 14.5. The van der Waals surface area contributed by atoms with Crippen LogP contribution in [0.25, 0.3) is 0 Å². The van der Waals surface area contributed by atoms with E-state index in [-0.39, 0.29) is 22.0 Å². The third kappa shape index (κ3) is 4.48. The van der Waals surface area contributed by atoms with Crippen molar-refractivity contribution in [3.8, 4) is 0 Å². The van der Waals surface area contributed by atoms with E-state index in [1.165, 1.54) is 11.1 Å². The predicted molar refractivity (Wildman–Crippen MR) is 117 cm³/mol. The van der Waals surface area contributed by atoms with Gasteiger partial charge in [0.15, 0.2) is 5.78 Å². The molecule has 156 valence electrons. The molecule has 2 atom stereocenters. The minimum Gasteiger partial charge on any atom is -0.598 e. The molecule has 5 heteroatoms. The van der Waals surface area contributed by atoms with E-state index in [1.54, 1.807) is 6.92 Å². The Labute approximate surface area is 173 Å². The third-order valence-corrected chi connectivity index (χ3v) is 7.84. The molecule has 28 heavy (non-hydrogen) atoms. The highest BCUT2D eigenvalue weighted by molar-refractivity contribution is 7.90. The van der Waals surface area contributed by atoms with Gasteiger partial charge in [0.2, 0.25) is 0 Å². The van der Waals surface area contributed by atoms with Gasteiger partial charge in [-0.1, -0.05) is 26.0 Å². The molecular weight excluding hydrogens is 368 g/mol. The zero-order valence-electron chi connectivity index (χ0n) is 18.3. The summed E-state index contributed by atoms with van der Waals surface area (Å²) < 4.78 is 16.2. The van der Waals surface area contributed by atoms with Crippen LogP contribution in [-0.2, 0) is 17.8 Å². The average Bonchev–Trinajstić information content (AvgIpc) is 2.88. The quantitative estimate of drug-likeness (QED) is 0.588. The minimum atomic E-state index is -1.15. The van der Waals surface area contributed by atoms with Gasteiger partial charge in [0.05, 0.1) is 6.04 Å². The Balaban J connectivity index is 1.90. The van der Waals surface area contributed by atoms with Gasteiger partial charge >= 0.3 is 0 Å². The lowest BCUT2D eigenvalue weighted by Crippen LogP contribution is -2.50. The molecule has 1 unspecified atom stereocenters. The summed E-state index contributed by atoms with van der Waals surface area (Å²) in [6, 6.07) is 6.16. The van der Waals surface area contributed by atoms with E-state index in [9.17, 15) is 9.35 Å². The van der Waals surface area contributed by atoms with E-state index in [0.717, 1.165) is 44.5 Å². The number of hydrogen-bond donors (Lipinski definition) is 1. The van der Waals surface area contributed by atoms with Crippen molar-refractivity contribution < 1.29 is 9.35 Å². The van der Waals surface area contributed by atoms with E-state index in [0.29, 0.717) is 5.92 Å². The molecular formula is C23H36N2O2S. The second-order valence-electron chi connectivity index (χ2n) is 10.1. The molecule has 1 heterocycles. The van der Waals surface area contributed by atoms with E-state index < -0.39 is 11.4 Å². The second kappa shape index (κ2) is 8.10. The highest BCUT2D eigenvalue weighted by Gasteiger charge is 2.50. The van der Waals surface area contributed by atoms with Crippen LogP contribution in [0.3, 0.4) is 0 Å². The van der Waals surface area contributed by atoms with Crippen LogP contribution < -0.4 is 4.72 Å². The molecule has 2 aliphatic rings. The third-order valence-electron chi connectivity index (χ3n) is 6.27. The number of nitrogens with zero attached hydrogens (tertiary/aromatic N) is 1. The summed E-state index contributed by atoms with van der Waals surface area (Å²) in [5, 5.41) is 0. The molecule has 0 saturated carbocycles. The Hall–Kier alpha value is -0.880. The first-order chi connectivity index (χ1) is 13.0. The van der Waals surface area contributed by atoms with Gasteiger partial charge in [0, 0.05) is 28.9 Å². The summed E-state index contributed by atoms with van der Waals surface area (Å²) in [5.41, 5.74) is 3.33. The fraction of sp³-hybridized carbons (Fsp3) is 0.696. The average molecular weight is 405 g/mol. The van der Waals surface area contributed by atoms with Crippen molar-refractivity contribution in [1.82, 2.24) is 9.62 Å². The summed E-state index contributed by atoms with van der Waals surface area (Å²) in [6.07, 6.45) is 3.21. The summed E-state index contributed by atoms with van der Waals surface area (Å²) in [6.45, 7) is 15.5. The molecule has 0 bridgehead atoms. The van der Waals surface area contributed by atoms with Crippen LogP contribution >= 0.6 is 0 Å². The van der Waals surface area contributed by atoms with Gasteiger partial charge in [-0.3, -0.25) is 4.79 Å². The number of benzene rings is 1. The Morgan fingerprint density at radius 1 is 1.32 bits per heavy atom. The van der Waals surface area contributed by atoms with Gasteiger partial charge in [0.25, 0.3) is 0 Å². The normalized spacial score (nSPS) is 23.2. The first-order valence-electron chi connectivity index (χ1n) is 10.6. The molecule has 1 aliphatic heterocycles. The predicted octanol–water partition coefficient (Wildman–Crippen LogP) is 4.28. The number of fused-ring (bicyclic) bond motifs is 1. The molecule has 4 nitrogen and oxygen atoms in total. The van der Waals surface area contributed by atoms with Crippen LogP contribution in [0.5, 0.6) is 0 Å². The van der Waals surface area contributed by atoms with Gasteiger partial charge in [-0.25, -0.2) is 0 Å². The molecule has 1 N–H and O–H groups in total. The van der Waals surface area contributed by atoms with Crippen LogP contribution in [0.2, 0.25) is 0 Å². The number of ketones is 1. The van der Waals surface area contributed by atoms with Gasteiger partial charge in [-0.15, -0.1) is 4.72 Å². The zero-order valence-corrected chi connectivity index (χ0v) is 19.1. The fourth-order valence-electron chi connectivity index (χ4n) is 4.69. The number of Topliss-reactive ketones (excluding diaryl/α,β-unsaturated/α-hetero) is 1. The minimum absolute atomic E-state index is 0.0445. The van der Waals surface area contributed by atoms with Crippen molar-refractivity contribution in [2.24, 2.45) is 11.3 Å². The topological polar surface area (TPSA) is 55.4 Å². The zero-order chi connectivity index (χ0) is 20.7. The fourth-order valence-corrected chi connectivity index (χ4v) is 5.63. The Morgan fingerprint density at radius 3 is 2.50 bits per heavy atom. The molecule has 1 aliphatic carbocycles. The maximum absolute atomic E-state index is 13.0. The maximum Gasteiger partial charge on any atom is 0.159 e. The van der Waals surface area contributed by atoms with Crippen molar-refractivity contribution >= 4 is 17.1 Å². The summed E-state index contributed by atoms with van der Waals surface area (Å²) in [5.74, 6) is 0.765. The van der Waals surface area contributed by atoms with Gasteiger partial charge in [-0.05, 0) is 83.2 Å². The molecule has 0 radical (unpaired) electrons. The SMILES string of the molecule is CC(=O)c1ccc2c(c1)[C@@H](N[S+]([O-])C(C)(C)C)C1(CCN(CC(C)C)CC1)C2. The van der Waals surface area contributed by atoms with E-state index in [4.69, 9.17) is 0 Å². The van der Waals surface area contributed by atoms with Gasteiger partial charge < -0.3 is 9.45 Å². The number of rotatable bonds is 5. The standard InChI is InChI=1S/C23H36N2O2S/c1-16(2)15-25-11-9-23(10-12-25)14-19-8-7-18(17(3)26)13-20(19)21(23)24-28(27)22(4,5)6/h7-8,13,16,21,24H,9-12,14-15H2,1-6H3/t21-,28?/m1/s1. The lowest BCUT2D eigenvalue weighted by molar-refractivity contribution is 0.0773. The molecule has 0 aromatic heterocycles. The first-order valence-corrected chi connectivity index (χ1v) is 11.7. The Morgan fingerprint density at radius 2 is 1.96 bits per heavy atom. The molecule has 1 aromatic rings. The summed E-state index contributed by atoms with van der Waals surface area (Å²) in [7, 11) is 0. The van der Waals surface area contributed by atoms with Crippen LogP contribution in [0.4, 0.5) is 0 Å². The Kier molecular flexibility index (Phi) is 6.31. The lowest BCUT2D eigenvalue weighted by Gasteiger charge is -2.44. The number of likely N-dealkylation sites (tertiary alicyclic amines) is 1. The van der Waals surface area contributed by atoms with Crippen molar-refractivity contribution in [2.45, 2.75) is 71.6 Å². The highest BCUT2D eigenvalue weighted by Crippen LogP contribution is 2.52. The van der Waals surface area contributed by atoms with E-state index in [1.807, 2.05) is 32.9 Å². The van der Waals surface area contributed by atoms with Crippen molar-refractivity contribution in [3.05, 3.63) is 34.9 Å². The van der Waals surface area contributed by atoms with Crippen LogP contribution in [0.1, 0.15) is 81.9 Å². The molecule has 1 aromatic carbocycles. The second-order valence-corrected chi connectivity index (χ2v) is 12.1. The van der Waals surface area contributed by atoms with Crippen LogP contribution in [0.15, 0.2) is 18.2 Å². The lowest BCUT2D eigenvalue weighted by atomic mass is 9.73. The monoisotopic (exact) mass is 404 g/mol. The molecule has 3 rings (SSSR count). The van der Waals surface area contributed by atoms with Gasteiger partial charge in [0.1, 0.15) is 4.75 Å². The smallest absolute Gasteiger partial charge is 0.159 e. The van der Waals surface area contributed by atoms with Crippen molar-refractivity contribution in [1.29, 1.82) is 0 Å². The molecule has 0 amide bonds.